The number of nitrogens with one attached hydrogen (secondary N) is 2. The molecule has 4 rings (SSSR count). The first kappa shape index (κ1) is 23.1. The fraction of sp³-hybridized carbons (Fsp3) is 0.462. The van der Waals surface area contributed by atoms with Crippen molar-refractivity contribution in [1.82, 2.24) is 15.5 Å². The molecule has 2 aliphatic rings. The molecule has 2 aromatic rings. The topological polar surface area (TPSA) is 69.2 Å². The maximum Gasteiger partial charge on any atom is 0.227 e. The van der Waals surface area contributed by atoms with Crippen molar-refractivity contribution in [3.8, 4) is 5.75 Å². The molecule has 1 amide bonds. The summed E-state index contributed by atoms with van der Waals surface area (Å²) in [6.07, 6.45) is 4.08. The van der Waals surface area contributed by atoms with Crippen molar-refractivity contribution in [2.75, 3.05) is 45.2 Å². The van der Waals surface area contributed by atoms with Crippen LogP contribution >= 0.6 is 0 Å². The van der Waals surface area contributed by atoms with Gasteiger partial charge in [0.15, 0.2) is 5.96 Å². The predicted octanol–water partition coefficient (Wildman–Crippen LogP) is 3.32. The maximum absolute atomic E-state index is 12.0. The summed E-state index contributed by atoms with van der Waals surface area (Å²) in [4.78, 5) is 20.8. The Kier molecular flexibility index (Phi) is 7.83. The number of nitrogens with zero attached hydrogens (tertiary/aromatic N) is 3. The monoisotopic (exact) mass is 449 g/mol. The molecule has 2 N–H and O–H groups in total. The quantitative estimate of drug-likeness (QED) is 0.478. The van der Waals surface area contributed by atoms with Gasteiger partial charge in [0.2, 0.25) is 5.91 Å². The number of amides is 1. The van der Waals surface area contributed by atoms with Crippen LogP contribution < -0.4 is 20.3 Å². The van der Waals surface area contributed by atoms with Crippen molar-refractivity contribution >= 4 is 17.6 Å². The lowest BCUT2D eigenvalue weighted by Gasteiger charge is -2.29. The minimum atomic E-state index is 0.217. The van der Waals surface area contributed by atoms with Gasteiger partial charge in [0, 0.05) is 38.8 Å². The Morgan fingerprint density at radius 1 is 1.06 bits per heavy atom. The summed E-state index contributed by atoms with van der Waals surface area (Å²) in [5.74, 6) is 1.88. The normalized spacial score (nSPS) is 17.9. The van der Waals surface area contributed by atoms with Gasteiger partial charge in [-0.1, -0.05) is 24.3 Å². The molecular weight excluding hydrogens is 414 g/mol. The summed E-state index contributed by atoms with van der Waals surface area (Å²) in [5, 5.41) is 6.94. The first-order valence-corrected chi connectivity index (χ1v) is 11.9. The lowest BCUT2D eigenvalue weighted by atomic mass is 10.1. The van der Waals surface area contributed by atoms with Gasteiger partial charge >= 0.3 is 0 Å². The highest BCUT2D eigenvalue weighted by atomic mass is 16.5. The molecule has 7 nitrogen and oxygen atoms in total. The van der Waals surface area contributed by atoms with Crippen LogP contribution in [0.5, 0.6) is 5.75 Å². The number of benzene rings is 2. The van der Waals surface area contributed by atoms with Gasteiger partial charge in [0.25, 0.3) is 0 Å². The average molecular weight is 450 g/mol. The van der Waals surface area contributed by atoms with Crippen LogP contribution in [0.1, 0.15) is 42.9 Å². The van der Waals surface area contributed by atoms with E-state index in [1.54, 1.807) is 14.2 Å². The van der Waals surface area contributed by atoms with Crippen LogP contribution in [0.4, 0.5) is 5.69 Å². The minimum absolute atomic E-state index is 0.217. The highest BCUT2D eigenvalue weighted by molar-refractivity contribution is 5.95. The highest BCUT2D eigenvalue weighted by Gasteiger charge is 2.24. The van der Waals surface area contributed by atoms with Crippen LogP contribution in [0.2, 0.25) is 0 Å². The van der Waals surface area contributed by atoms with Crippen molar-refractivity contribution < 1.29 is 9.53 Å². The molecule has 0 radical (unpaired) electrons. The average Bonchev–Trinajstić information content (AvgIpc) is 3.54. The molecule has 0 saturated carbocycles. The van der Waals surface area contributed by atoms with Gasteiger partial charge in [-0.2, -0.15) is 0 Å². The smallest absolute Gasteiger partial charge is 0.227 e. The van der Waals surface area contributed by atoms with Gasteiger partial charge in [0.05, 0.1) is 13.2 Å². The number of aliphatic imine (C=N–C) groups is 1. The molecule has 2 fully saturated rings. The van der Waals surface area contributed by atoms with Crippen molar-refractivity contribution in [2.45, 2.75) is 38.3 Å². The Balaban J connectivity index is 1.35. The molecular formula is C26H35N5O2. The number of rotatable bonds is 8. The molecule has 1 unspecified atom stereocenters. The van der Waals surface area contributed by atoms with Gasteiger partial charge in [-0.15, -0.1) is 0 Å². The van der Waals surface area contributed by atoms with Crippen molar-refractivity contribution in [3.05, 3.63) is 59.7 Å². The fourth-order valence-corrected chi connectivity index (χ4v) is 4.67. The number of hydrogen-bond donors (Lipinski definition) is 2. The SMILES string of the molecule is CN=C(NCc1ccc(N2CCCC2=O)cc1)NCC(c1cccc(OC)c1)N1CCCC1. The third kappa shape index (κ3) is 5.85. The van der Waals surface area contributed by atoms with E-state index in [0.717, 1.165) is 55.6 Å². The lowest BCUT2D eigenvalue weighted by Crippen LogP contribution is -2.42. The Morgan fingerprint density at radius 3 is 2.52 bits per heavy atom. The Morgan fingerprint density at radius 2 is 1.85 bits per heavy atom. The lowest BCUT2D eigenvalue weighted by molar-refractivity contribution is -0.117. The van der Waals surface area contributed by atoms with Crippen molar-refractivity contribution in [2.24, 2.45) is 4.99 Å². The molecule has 33 heavy (non-hydrogen) atoms. The number of guanidine groups is 1. The van der Waals surface area contributed by atoms with E-state index in [-0.39, 0.29) is 11.9 Å². The third-order valence-corrected chi connectivity index (χ3v) is 6.53. The van der Waals surface area contributed by atoms with Gasteiger partial charge in [-0.05, 0) is 67.7 Å². The van der Waals surface area contributed by atoms with Crippen LogP contribution in [0.3, 0.4) is 0 Å². The Labute approximate surface area is 196 Å². The van der Waals surface area contributed by atoms with E-state index in [1.165, 1.54) is 18.4 Å². The molecule has 0 aromatic heterocycles. The van der Waals surface area contributed by atoms with Gasteiger partial charge in [-0.3, -0.25) is 14.7 Å². The Bertz CT molecular complexity index is 953. The number of methoxy groups -OCH3 is 1. The van der Waals surface area contributed by atoms with Crippen LogP contribution in [0.15, 0.2) is 53.5 Å². The molecule has 0 bridgehead atoms. The molecule has 7 heteroatoms. The van der Waals surface area contributed by atoms with E-state index in [9.17, 15) is 4.79 Å². The van der Waals surface area contributed by atoms with E-state index in [4.69, 9.17) is 4.74 Å². The zero-order valence-corrected chi connectivity index (χ0v) is 19.7. The van der Waals surface area contributed by atoms with Gasteiger partial charge in [-0.25, -0.2) is 0 Å². The van der Waals surface area contributed by atoms with Gasteiger partial charge in [0.1, 0.15) is 5.75 Å². The molecule has 176 valence electrons. The zero-order valence-electron chi connectivity index (χ0n) is 19.7. The summed E-state index contributed by atoms with van der Waals surface area (Å²) >= 11 is 0. The van der Waals surface area contributed by atoms with E-state index in [1.807, 2.05) is 23.1 Å². The van der Waals surface area contributed by atoms with Crippen LogP contribution in [-0.2, 0) is 11.3 Å². The predicted molar refractivity (Wildman–Crippen MR) is 133 cm³/mol. The molecule has 2 heterocycles. The van der Waals surface area contributed by atoms with Crippen LogP contribution in [0.25, 0.3) is 0 Å². The number of likely N-dealkylation sites (tertiary alicyclic amines) is 1. The number of carbonyl (C=O) groups is 1. The van der Waals surface area contributed by atoms with E-state index < -0.39 is 0 Å². The zero-order chi connectivity index (χ0) is 23.0. The van der Waals surface area contributed by atoms with Gasteiger partial charge < -0.3 is 20.3 Å². The number of anilines is 1. The van der Waals surface area contributed by atoms with Crippen LogP contribution in [0, 0.1) is 0 Å². The molecule has 1 atom stereocenters. The third-order valence-electron chi connectivity index (χ3n) is 6.53. The van der Waals surface area contributed by atoms with Crippen molar-refractivity contribution in [3.63, 3.8) is 0 Å². The Hall–Kier alpha value is -3.06. The summed E-state index contributed by atoms with van der Waals surface area (Å²) in [5.41, 5.74) is 3.39. The largest absolute Gasteiger partial charge is 0.497 e. The minimum Gasteiger partial charge on any atom is -0.497 e. The standard InChI is InChI=1S/C26H35N5O2/c1-27-26(28-18-20-10-12-22(13-11-20)31-16-6-9-25(31)32)29-19-24(30-14-3-4-15-30)21-7-5-8-23(17-21)33-2/h5,7-8,10-13,17,24H,3-4,6,9,14-16,18-19H2,1-2H3,(H2,27,28,29). The van der Waals surface area contributed by atoms with E-state index >= 15 is 0 Å². The van der Waals surface area contributed by atoms with Crippen LogP contribution in [-0.4, -0.2) is 57.1 Å². The molecule has 2 saturated heterocycles. The molecule has 0 aliphatic carbocycles. The molecule has 2 aromatic carbocycles. The van der Waals surface area contributed by atoms with E-state index in [0.29, 0.717) is 13.0 Å². The van der Waals surface area contributed by atoms with Crippen molar-refractivity contribution in [1.29, 1.82) is 0 Å². The number of carbonyl (C=O) groups excluding carboxylic acids is 1. The summed E-state index contributed by atoms with van der Waals surface area (Å²) < 4.78 is 5.45. The molecule has 2 aliphatic heterocycles. The second-order valence-corrected chi connectivity index (χ2v) is 8.66. The summed E-state index contributed by atoms with van der Waals surface area (Å²) in [6.45, 7) is 4.48. The van der Waals surface area contributed by atoms with E-state index in [2.05, 4.69) is 50.9 Å². The second-order valence-electron chi connectivity index (χ2n) is 8.66. The fourth-order valence-electron chi connectivity index (χ4n) is 4.67. The first-order valence-electron chi connectivity index (χ1n) is 11.9. The number of ether oxygens (including phenoxy) is 1. The summed E-state index contributed by atoms with van der Waals surface area (Å²) in [6, 6.07) is 16.8. The first-order chi connectivity index (χ1) is 16.2. The number of hydrogen-bond acceptors (Lipinski definition) is 4. The second kappa shape index (κ2) is 11.2. The maximum atomic E-state index is 12.0. The molecule has 0 spiro atoms. The summed E-state index contributed by atoms with van der Waals surface area (Å²) in [7, 11) is 3.51. The highest BCUT2D eigenvalue weighted by Crippen LogP contribution is 2.27.